The summed E-state index contributed by atoms with van der Waals surface area (Å²) in [4.78, 5) is 0. The molecule has 0 fully saturated rings. The van der Waals surface area contributed by atoms with Crippen molar-refractivity contribution in [1.29, 1.82) is 0 Å². The van der Waals surface area contributed by atoms with Crippen LogP contribution < -0.4 is 0 Å². The third kappa shape index (κ3) is 3.33. The molecule has 0 spiro atoms. The number of aliphatic hydroxyl groups is 1. The summed E-state index contributed by atoms with van der Waals surface area (Å²) < 4.78 is 25.3. The van der Waals surface area contributed by atoms with E-state index >= 15 is 0 Å². The highest BCUT2D eigenvalue weighted by molar-refractivity contribution is 9.10. The SMILES string of the molecule is CCc1nn(C)c(CC(O)C(C)S(C)(=O)=O)c1Br. The molecule has 0 aliphatic carbocycles. The molecule has 2 unspecified atom stereocenters. The Kier molecular flexibility index (Phi) is 4.97. The minimum atomic E-state index is -3.24. The van der Waals surface area contributed by atoms with Crippen LogP contribution in [0, 0.1) is 0 Å². The lowest BCUT2D eigenvalue weighted by atomic mass is 10.1. The first-order chi connectivity index (χ1) is 8.18. The number of halogens is 1. The van der Waals surface area contributed by atoms with E-state index in [1.54, 1.807) is 11.7 Å². The normalized spacial score (nSPS) is 15.7. The topological polar surface area (TPSA) is 72.2 Å². The summed E-state index contributed by atoms with van der Waals surface area (Å²) >= 11 is 3.45. The Labute approximate surface area is 116 Å². The highest BCUT2D eigenvalue weighted by Gasteiger charge is 2.26. The molecule has 0 amide bonds. The fourth-order valence-corrected chi connectivity index (χ4v) is 3.14. The molecule has 2 atom stereocenters. The lowest BCUT2D eigenvalue weighted by molar-refractivity contribution is 0.170. The zero-order valence-corrected chi connectivity index (χ0v) is 13.4. The van der Waals surface area contributed by atoms with Crippen molar-refractivity contribution in [2.45, 2.75) is 38.0 Å². The van der Waals surface area contributed by atoms with Crippen molar-refractivity contribution < 1.29 is 13.5 Å². The highest BCUT2D eigenvalue weighted by Crippen LogP contribution is 2.24. The quantitative estimate of drug-likeness (QED) is 0.871. The molecule has 0 aliphatic heterocycles. The summed E-state index contributed by atoms with van der Waals surface area (Å²) in [6.45, 7) is 3.51. The average molecular weight is 339 g/mol. The second-order valence-corrected chi connectivity index (χ2v) is 7.69. The number of aryl methyl sites for hydroxylation is 2. The Bertz CT molecular complexity index is 525. The van der Waals surface area contributed by atoms with Gasteiger partial charge in [0.1, 0.15) is 0 Å². The minimum Gasteiger partial charge on any atom is -0.391 e. The van der Waals surface area contributed by atoms with Crippen LogP contribution in [0.1, 0.15) is 25.2 Å². The van der Waals surface area contributed by atoms with Crippen molar-refractivity contribution in [2.75, 3.05) is 6.26 Å². The molecule has 1 rings (SSSR count). The van der Waals surface area contributed by atoms with Crippen LogP contribution >= 0.6 is 15.9 Å². The number of rotatable bonds is 5. The molecule has 7 heteroatoms. The van der Waals surface area contributed by atoms with E-state index in [4.69, 9.17) is 0 Å². The maximum atomic E-state index is 11.4. The van der Waals surface area contributed by atoms with E-state index in [1.807, 2.05) is 6.92 Å². The summed E-state index contributed by atoms with van der Waals surface area (Å²) in [5.41, 5.74) is 1.72. The monoisotopic (exact) mass is 338 g/mol. The van der Waals surface area contributed by atoms with Gasteiger partial charge in [-0.25, -0.2) is 8.42 Å². The predicted octanol–water partition coefficient (Wildman–Crippen LogP) is 1.08. The predicted molar refractivity (Wildman–Crippen MR) is 74.3 cm³/mol. The molecule has 1 N–H and O–H groups in total. The Morgan fingerprint density at radius 3 is 2.44 bits per heavy atom. The molecule has 0 aliphatic rings. The third-order valence-corrected chi connectivity index (χ3v) is 5.70. The molecule has 104 valence electrons. The Morgan fingerprint density at radius 1 is 1.50 bits per heavy atom. The number of aromatic nitrogens is 2. The molecule has 0 radical (unpaired) electrons. The number of aliphatic hydroxyl groups excluding tert-OH is 1. The molecule has 0 saturated carbocycles. The number of sulfone groups is 1. The van der Waals surface area contributed by atoms with Gasteiger partial charge in [0.2, 0.25) is 0 Å². The first kappa shape index (κ1) is 15.7. The van der Waals surface area contributed by atoms with Crippen LogP contribution in [0.4, 0.5) is 0 Å². The molecular weight excluding hydrogens is 320 g/mol. The highest BCUT2D eigenvalue weighted by atomic mass is 79.9. The molecule has 0 aromatic carbocycles. The Balaban J connectivity index is 2.95. The molecule has 0 bridgehead atoms. The first-order valence-corrected chi connectivity index (χ1v) is 8.50. The van der Waals surface area contributed by atoms with Gasteiger partial charge in [-0.3, -0.25) is 4.68 Å². The van der Waals surface area contributed by atoms with Gasteiger partial charge in [-0.1, -0.05) is 6.92 Å². The van der Waals surface area contributed by atoms with E-state index in [0.29, 0.717) is 0 Å². The molecule has 1 aromatic heterocycles. The van der Waals surface area contributed by atoms with Gasteiger partial charge in [-0.2, -0.15) is 5.10 Å². The van der Waals surface area contributed by atoms with Gasteiger partial charge in [0.05, 0.1) is 27.2 Å². The van der Waals surface area contributed by atoms with Crippen molar-refractivity contribution in [1.82, 2.24) is 9.78 Å². The third-order valence-electron chi connectivity index (χ3n) is 3.12. The van der Waals surface area contributed by atoms with E-state index in [0.717, 1.165) is 28.5 Å². The van der Waals surface area contributed by atoms with Gasteiger partial charge < -0.3 is 5.11 Å². The summed E-state index contributed by atoms with van der Waals surface area (Å²) in [5.74, 6) is 0. The Hall–Kier alpha value is -0.400. The van der Waals surface area contributed by atoms with Crippen LogP contribution in [0.2, 0.25) is 0 Å². The molecule has 18 heavy (non-hydrogen) atoms. The molecule has 1 aromatic rings. The summed E-state index contributed by atoms with van der Waals surface area (Å²) in [6.07, 6.45) is 1.25. The van der Waals surface area contributed by atoms with Gasteiger partial charge in [-0.05, 0) is 29.3 Å². The lowest BCUT2D eigenvalue weighted by Gasteiger charge is -2.17. The maximum Gasteiger partial charge on any atom is 0.152 e. The van der Waals surface area contributed by atoms with Crippen molar-refractivity contribution in [3.63, 3.8) is 0 Å². The van der Waals surface area contributed by atoms with Crippen molar-refractivity contribution in [3.8, 4) is 0 Å². The number of nitrogens with zero attached hydrogens (tertiary/aromatic N) is 2. The second-order valence-electron chi connectivity index (χ2n) is 4.49. The summed E-state index contributed by atoms with van der Waals surface area (Å²) in [5, 5.41) is 13.5. The Morgan fingerprint density at radius 2 is 2.06 bits per heavy atom. The van der Waals surface area contributed by atoms with E-state index < -0.39 is 21.2 Å². The van der Waals surface area contributed by atoms with Crippen molar-refractivity contribution in [3.05, 3.63) is 15.9 Å². The van der Waals surface area contributed by atoms with E-state index in [9.17, 15) is 13.5 Å². The van der Waals surface area contributed by atoms with Crippen LogP contribution in [0.15, 0.2) is 4.47 Å². The fraction of sp³-hybridized carbons (Fsp3) is 0.727. The molecule has 5 nitrogen and oxygen atoms in total. The van der Waals surface area contributed by atoms with Crippen molar-refractivity contribution in [2.24, 2.45) is 7.05 Å². The first-order valence-electron chi connectivity index (χ1n) is 5.75. The summed E-state index contributed by atoms with van der Waals surface area (Å²) in [7, 11) is -1.45. The smallest absolute Gasteiger partial charge is 0.152 e. The number of hydrogen-bond donors (Lipinski definition) is 1. The zero-order chi connectivity index (χ0) is 14.1. The maximum absolute atomic E-state index is 11.4. The van der Waals surface area contributed by atoms with Gasteiger partial charge in [0, 0.05) is 19.7 Å². The van der Waals surface area contributed by atoms with E-state index in [-0.39, 0.29) is 6.42 Å². The van der Waals surface area contributed by atoms with E-state index in [2.05, 4.69) is 21.0 Å². The van der Waals surface area contributed by atoms with Gasteiger partial charge in [-0.15, -0.1) is 0 Å². The van der Waals surface area contributed by atoms with Crippen LogP contribution in [-0.4, -0.2) is 40.9 Å². The van der Waals surface area contributed by atoms with Crippen LogP contribution in [0.5, 0.6) is 0 Å². The van der Waals surface area contributed by atoms with E-state index in [1.165, 1.54) is 6.92 Å². The largest absolute Gasteiger partial charge is 0.391 e. The lowest BCUT2D eigenvalue weighted by Crippen LogP contribution is -2.32. The van der Waals surface area contributed by atoms with Crippen LogP contribution in [0.3, 0.4) is 0 Å². The fourth-order valence-electron chi connectivity index (χ4n) is 1.69. The zero-order valence-electron chi connectivity index (χ0n) is 11.0. The molecular formula is C11H19BrN2O3S. The van der Waals surface area contributed by atoms with Gasteiger partial charge >= 0.3 is 0 Å². The summed E-state index contributed by atoms with van der Waals surface area (Å²) in [6, 6.07) is 0. The molecule has 0 saturated heterocycles. The second kappa shape index (κ2) is 5.71. The van der Waals surface area contributed by atoms with Crippen LogP contribution in [0.25, 0.3) is 0 Å². The van der Waals surface area contributed by atoms with Crippen molar-refractivity contribution >= 4 is 25.8 Å². The number of hydrogen-bond acceptors (Lipinski definition) is 4. The standard InChI is InChI=1S/C11H19BrN2O3S/c1-5-8-11(12)9(14(3)13-8)6-10(15)7(2)18(4,16)17/h7,10,15H,5-6H2,1-4H3. The minimum absolute atomic E-state index is 0.262. The molecule has 1 heterocycles. The van der Waals surface area contributed by atoms with Gasteiger partial charge in [0.15, 0.2) is 9.84 Å². The van der Waals surface area contributed by atoms with Gasteiger partial charge in [0.25, 0.3) is 0 Å². The van der Waals surface area contributed by atoms with Crippen LogP contribution in [-0.2, 0) is 29.7 Å². The average Bonchev–Trinajstić information content (AvgIpc) is 2.54.